The molecule has 4 heteroatoms. The van der Waals surface area contributed by atoms with Crippen molar-refractivity contribution >= 4 is 6.09 Å². The zero-order valence-corrected chi connectivity index (χ0v) is 8.17. The molecule has 0 aliphatic carbocycles. The van der Waals surface area contributed by atoms with E-state index in [2.05, 4.69) is 17.3 Å². The number of carbonyl (C=O) groups excluding carboxylic acids is 1. The predicted octanol–water partition coefficient (Wildman–Crippen LogP) is 0.437. The summed E-state index contributed by atoms with van der Waals surface area (Å²) in [6.07, 6.45) is 0.860. The molecule has 2 unspecified atom stereocenters. The van der Waals surface area contributed by atoms with Crippen molar-refractivity contribution in [2.75, 3.05) is 26.7 Å². The van der Waals surface area contributed by atoms with Crippen LogP contribution in [0.4, 0.5) is 4.79 Å². The van der Waals surface area contributed by atoms with Crippen LogP contribution in [0.1, 0.15) is 13.3 Å². The van der Waals surface area contributed by atoms with Gasteiger partial charge in [-0.3, -0.25) is 0 Å². The van der Waals surface area contributed by atoms with Gasteiger partial charge in [-0.1, -0.05) is 0 Å². The average Bonchev–Trinajstić information content (AvgIpc) is 2.60. The molecule has 2 saturated heterocycles. The molecule has 2 fully saturated rings. The van der Waals surface area contributed by atoms with Crippen molar-refractivity contribution in [2.24, 2.45) is 5.92 Å². The number of hydrogen-bond donors (Lipinski definition) is 1. The van der Waals surface area contributed by atoms with Crippen molar-refractivity contribution in [3.8, 4) is 0 Å². The van der Waals surface area contributed by atoms with Crippen molar-refractivity contribution in [1.82, 2.24) is 10.2 Å². The number of nitrogens with one attached hydrogen (secondary N) is 1. The van der Waals surface area contributed by atoms with E-state index < -0.39 is 0 Å². The number of rotatable bonds is 1. The molecular formula is C9H16N2O2. The number of amides is 1. The van der Waals surface area contributed by atoms with E-state index in [1.54, 1.807) is 0 Å². The monoisotopic (exact) mass is 184 g/mol. The van der Waals surface area contributed by atoms with Crippen LogP contribution in [0.3, 0.4) is 0 Å². The average molecular weight is 184 g/mol. The second-order valence-corrected chi connectivity index (χ2v) is 4.30. The zero-order chi connectivity index (χ0) is 9.47. The largest absolute Gasteiger partial charge is 0.441 e. The molecule has 0 aromatic heterocycles. The summed E-state index contributed by atoms with van der Waals surface area (Å²) in [5.41, 5.74) is -0.276. The molecule has 0 radical (unpaired) electrons. The molecular weight excluding hydrogens is 168 g/mol. The van der Waals surface area contributed by atoms with Gasteiger partial charge in [0.15, 0.2) is 0 Å². The summed E-state index contributed by atoms with van der Waals surface area (Å²) in [4.78, 5) is 13.2. The Morgan fingerprint density at radius 2 is 2.46 bits per heavy atom. The fraction of sp³-hybridized carbons (Fsp3) is 0.889. The number of cyclic esters (lactones) is 1. The lowest BCUT2D eigenvalue weighted by Gasteiger charge is -2.27. The molecule has 4 nitrogen and oxygen atoms in total. The smallest absolute Gasteiger partial charge is 0.407 e. The molecule has 0 spiro atoms. The number of ether oxygens (including phenoxy) is 1. The number of alkyl carbamates (subject to hydrolysis) is 1. The number of likely N-dealkylation sites (tertiary alicyclic amines) is 1. The van der Waals surface area contributed by atoms with Gasteiger partial charge in [0, 0.05) is 12.5 Å². The Kier molecular flexibility index (Phi) is 1.95. The highest BCUT2D eigenvalue weighted by molar-refractivity contribution is 5.70. The van der Waals surface area contributed by atoms with Crippen LogP contribution in [0.5, 0.6) is 0 Å². The van der Waals surface area contributed by atoms with Gasteiger partial charge in [-0.2, -0.15) is 0 Å². The topological polar surface area (TPSA) is 41.6 Å². The zero-order valence-electron chi connectivity index (χ0n) is 8.17. The van der Waals surface area contributed by atoms with Crippen LogP contribution >= 0.6 is 0 Å². The van der Waals surface area contributed by atoms with Gasteiger partial charge in [0.2, 0.25) is 0 Å². The molecule has 2 rings (SSSR count). The molecule has 2 heterocycles. The van der Waals surface area contributed by atoms with Crippen molar-refractivity contribution in [1.29, 1.82) is 0 Å². The van der Waals surface area contributed by atoms with Gasteiger partial charge in [-0.25, -0.2) is 4.79 Å². The van der Waals surface area contributed by atoms with Gasteiger partial charge >= 0.3 is 6.09 Å². The van der Waals surface area contributed by atoms with E-state index in [0.29, 0.717) is 12.5 Å². The molecule has 0 saturated carbocycles. The standard InChI is InChI=1S/C9H16N2O2/c1-9(6-10-8(12)13-9)7-3-4-11(2)5-7/h7H,3-6H2,1-2H3,(H,10,12). The molecule has 2 atom stereocenters. The van der Waals surface area contributed by atoms with E-state index in [9.17, 15) is 4.79 Å². The van der Waals surface area contributed by atoms with Gasteiger partial charge in [0.25, 0.3) is 0 Å². The first-order valence-electron chi connectivity index (χ1n) is 4.75. The summed E-state index contributed by atoms with van der Waals surface area (Å²) < 4.78 is 5.30. The molecule has 0 aromatic carbocycles. The van der Waals surface area contributed by atoms with E-state index in [1.165, 1.54) is 0 Å². The van der Waals surface area contributed by atoms with Crippen LogP contribution in [0.2, 0.25) is 0 Å². The molecule has 2 aliphatic heterocycles. The minimum atomic E-state index is -0.276. The molecule has 1 amide bonds. The second-order valence-electron chi connectivity index (χ2n) is 4.30. The fourth-order valence-electron chi connectivity index (χ4n) is 2.19. The van der Waals surface area contributed by atoms with Crippen LogP contribution in [0, 0.1) is 5.92 Å². The van der Waals surface area contributed by atoms with Crippen LogP contribution in [-0.4, -0.2) is 43.3 Å². The Morgan fingerprint density at radius 1 is 1.69 bits per heavy atom. The van der Waals surface area contributed by atoms with Crippen molar-refractivity contribution < 1.29 is 9.53 Å². The summed E-state index contributed by atoms with van der Waals surface area (Å²) in [7, 11) is 2.10. The summed E-state index contributed by atoms with van der Waals surface area (Å²) in [6.45, 7) is 4.82. The van der Waals surface area contributed by atoms with E-state index in [-0.39, 0.29) is 11.7 Å². The predicted molar refractivity (Wildman–Crippen MR) is 48.5 cm³/mol. The summed E-state index contributed by atoms with van der Waals surface area (Å²) in [6, 6.07) is 0. The molecule has 0 bridgehead atoms. The third-order valence-electron chi connectivity index (χ3n) is 3.16. The van der Waals surface area contributed by atoms with Crippen LogP contribution < -0.4 is 5.32 Å². The Morgan fingerprint density at radius 3 is 2.92 bits per heavy atom. The lowest BCUT2D eigenvalue weighted by atomic mass is 9.89. The van der Waals surface area contributed by atoms with E-state index in [1.807, 2.05) is 6.92 Å². The van der Waals surface area contributed by atoms with Gasteiger partial charge < -0.3 is 15.0 Å². The molecule has 2 aliphatic rings. The number of nitrogens with zero attached hydrogens (tertiary/aromatic N) is 1. The lowest BCUT2D eigenvalue weighted by molar-refractivity contribution is 0.0256. The first-order chi connectivity index (χ1) is 6.10. The highest BCUT2D eigenvalue weighted by atomic mass is 16.6. The normalized spacial score (nSPS) is 40.5. The maximum absolute atomic E-state index is 10.9. The molecule has 13 heavy (non-hydrogen) atoms. The Hall–Kier alpha value is -0.770. The minimum Gasteiger partial charge on any atom is -0.441 e. The van der Waals surface area contributed by atoms with E-state index in [0.717, 1.165) is 19.5 Å². The maximum Gasteiger partial charge on any atom is 0.407 e. The SMILES string of the molecule is CN1CCC(C2(C)CNC(=O)O2)C1. The third kappa shape index (κ3) is 1.50. The second kappa shape index (κ2) is 2.87. The van der Waals surface area contributed by atoms with Crippen molar-refractivity contribution in [2.45, 2.75) is 18.9 Å². The number of carbonyl (C=O) groups is 1. The summed E-state index contributed by atoms with van der Waals surface area (Å²) >= 11 is 0. The Bertz CT molecular complexity index is 232. The first-order valence-corrected chi connectivity index (χ1v) is 4.75. The quantitative estimate of drug-likeness (QED) is 0.643. The first kappa shape index (κ1) is 8.81. The lowest BCUT2D eigenvalue weighted by Crippen LogP contribution is -2.39. The minimum absolute atomic E-state index is 0.267. The molecule has 74 valence electrons. The highest BCUT2D eigenvalue weighted by Gasteiger charge is 2.44. The van der Waals surface area contributed by atoms with E-state index in [4.69, 9.17) is 4.74 Å². The third-order valence-corrected chi connectivity index (χ3v) is 3.16. The van der Waals surface area contributed by atoms with Crippen LogP contribution in [0.25, 0.3) is 0 Å². The van der Waals surface area contributed by atoms with Crippen molar-refractivity contribution in [3.63, 3.8) is 0 Å². The van der Waals surface area contributed by atoms with E-state index >= 15 is 0 Å². The Labute approximate surface area is 78.2 Å². The summed E-state index contributed by atoms with van der Waals surface area (Å²) in [5, 5.41) is 2.72. The fourth-order valence-corrected chi connectivity index (χ4v) is 2.19. The van der Waals surface area contributed by atoms with Crippen molar-refractivity contribution in [3.05, 3.63) is 0 Å². The van der Waals surface area contributed by atoms with Gasteiger partial charge in [-0.15, -0.1) is 0 Å². The van der Waals surface area contributed by atoms with Crippen LogP contribution in [-0.2, 0) is 4.74 Å². The Balaban J connectivity index is 2.03. The van der Waals surface area contributed by atoms with Gasteiger partial charge in [-0.05, 0) is 26.9 Å². The van der Waals surface area contributed by atoms with Gasteiger partial charge in [0.1, 0.15) is 5.60 Å². The number of hydrogen-bond acceptors (Lipinski definition) is 3. The van der Waals surface area contributed by atoms with Gasteiger partial charge in [0.05, 0.1) is 6.54 Å². The maximum atomic E-state index is 10.9. The molecule has 1 N–H and O–H groups in total. The van der Waals surface area contributed by atoms with Crippen LogP contribution in [0.15, 0.2) is 0 Å². The molecule has 0 aromatic rings. The highest BCUT2D eigenvalue weighted by Crippen LogP contribution is 2.31. The summed E-state index contributed by atoms with van der Waals surface area (Å²) in [5.74, 6) is 0.483.